The van der Waals surface area contributed by atoms with Crippen molar-refractivity contribution in [3.8, 4) is 0 Å². The summed E-state index contributed by atoms with van der Waals surface area (Å²) in [5.74, 6) is -0.688. The minimum absolute atomic E-state index is 0.169. The number of rotatable bonds is 4. The Bertz CT molecular complexity index is 1130. The molecule has 1 aliphatic rings. The van der Waals surface area contributed by atoms with E-state index in [1.807, 2.05) is 20.8 Å². The van der Waals surface area contributed by atoms with E-state index in [1.165, 1.54) is 13.8 Å². The monoisotopic (exact) mass is 454 g/mol. The highest BCUT2D eigenvalue weighted by Gasteiger charge is 2.27. The smallest absolute Gasteiger partial charge is 0.354 e. The number of amides is 2. The summed E-state index contributed by atoms with van der Waals surface area (Å²) in [4.78, 5) is 17.6. The zero-order valence-corrected chi connectivity index (χ0v) is 19.3. The number of thiophene rings is 1. The Hall–Kier alpha value is -1.88. The van der Waals surface area contributed by atoms with E-state index in [4.69, 9.17) is 10.1 Å². The van der Waals surface area contributed by atoms with Crippen LogP contribution in [0.15, 0.2) is 14.6 Å². The van der Waals surface area contributed by atoms with Crippen LogP contribution >= 0.6 is 11.3 Å². The van der Waals surface area contributed by atoms with Crippen molar-refractivity contribution in [2.75, 3.05) is 5.32 Å². The lowest BCUT2D eigenvalue weighted by molar-refractivity contribution is 0.0823. The van der Waals surface area contributed by atoms with Crippen LogP contribution in [0.25, 0.3) is 0 Å². The molecule has 2 amide bonds. The molecule has 0 saturated carbocycles. The van der Waals surface area contributed by atoms with Crippen LogP contribution in [-0.4, -0.2) is 20.3 Å². The Morgan fingerprint density at radius 2 is 2.10 bits per heavy atom. The number of pyridine rings is 1. The van der Waals surface area contributed by atoms with E-state index in [0.717, 1.165) is 59.2 Å². The highest BCUT2D eigenvalue weighted by molar-refractivity contribution is 7.93. The highest BCUT2D eigenvalue weighted by Crippen LogP contribution is 2.35. The van der Waals surface area contributed by atoms with Crippen LogP contribution < -0.4 is 10.5 Å². The number of fused-ring (bicyclic) bond motifs is 1. The van der Waals surface area contributed by atoms with Gasteiger partial charge in [-0.1, -0.05) is 13.8 Å². The van der Waals surface area contributed by atoms with Crippen molar-refractivity contribution >= 4 is 33.0 Å². The van der Waals surface area contributed by atoms with Gasteiger partial charge in [-0.2, -0.15) is 0 Å². The third kappa shape index (κ3) is 4.41. The summed E-state index contributed by atoms with van der Waals surface area (Å²) in [6.07, 6.45) is 2.56. The number of hydrogen-bond acceptors (Lipinski definition) is 5. The van der Waals surface area contributed by atoms with Crippen molar-refractivity contribution in [2.45, 2.75) is 69.6 Å². The number of nitrogens with zero attached hydrogens (tertiary/aromatic N) is 2. The van der Waals surface area contributed by atoms with Crippen molar-refractivity contribution < 1.29 is 18.5 Å². The maximum Gasteiger partial charge on any atom is 0.354 e. The van der Waals surface area contributed by atoms with Gasteiger partial charge in [0, 0.05) is 16.3 Å². The molecule has 2 heterocycles. The summed E-state index contributed by atoms with van der Waals surface area (Å²) in [5.41, 5.74) is 2.92. The lowest BCUT2D eigenvalue weighted by atomic mass is 9.99. The van der Waals surface area contributed by atoms with E-state index >= 15 is 0 Å². The first-order chi connectivity index (χ1) is 13.8. The second-order valence-corrected chi connectivity index (χ2v) is 11.4. The third-order valence-corrected chi connectivity index (χ3v) is 8.37. The second kappa shape index (κ2) is 7.99. The molecule has 0 fully saturated rings. The molecule has 3 rings (SSSR count). The van der Waals surface area contributed by atoms with Gasteiger partial charge in [-0.05, 0) is 63.1 Å². The van der Waals surface area contributed by atoms with Gasteiger partial charge in [0.15, 0.2) is 19.9 Å². The zero-order chi connectivity index (χ0) is 22.4. The van der Waals surface area contributed by atoms with Crippen molar-refractivity contribution in [1.82, 2.24) is 4.98 Å². The molecule has 1 atom stereocenters. The minimum atomic E-state index is -3.82. The number of carbonyl (C=O) groups is 1. The van der Waals surface area contributed by atoms with Crippen LogP contribution in [0.5, 0.6) is 0 Å². The first-order valence-electron chi connectivity index (χ1n) is 9.71. The van der Waals surface area contributed by atoms with Gasteiger partial charge in [0.05, 0.1) is 11.3 Å². The summed E-state index contributed by atoms with van der Waals surface area (Å²) in [6.45, 7) is 8.88. The van der Waals surface area contributed by atoms with Gasteiger partial charge in [0.25, 0.3) is 0 Å². The van der Waals surface area contributed by atoms with Crippen LogP contribution in [0.2, 0.25) is 0 Å². The van der Waals surface area contributed by atoms with Gasteiger partial charge in [0.1, 0.15) is 0 Å². The third-order valence-electron chi connectivity index (χ3n) is 5.03. The van der Waals surface area contributed by atoms with E-state index in [9.17, 15) is 18.5 Å². The van der Waals surface area contributed by atoms with Gasteiger partial charge < -0.3 is 10.4 Å². The first kappa shape index (κ1) is 22.8. The van der Waals surface area contributed by atoms with Crippen LogP contribution in [-0.2, 0) is 28.4 Å². The van der Waals surface area contributed by atoms with E-state index in [1.54, 1.807) is 0 Å². The van der Waals surface area contributed by atoms with Gasteiger partial charge in [-0.3, -0.25) is 4.98 Å². The number of nitrogens with two attached hydrogens (primary N) is 1. The first-order valence-corrected chi connectivity index (χ1v) is 12.1. The SMILES string of the molecule is Cc1c(C(C)C)nc2c(c1NC(=O)N=S(N)(=O)c1sc(C(C)(C)O)cc1F)CCC2. The molecule has 7 nitrogen and oxygen atoms in total. The Kier molecular flexibility index (Phi) is 6.07. The van der Waals surface area contributed by atoms with Crippen LogP contribution in [0.3, 0.4) is 0 Å². The normalized spacial score (nSPS) is 15.8. The summed E-state index contributed by atoms with van der Waals surface area (Å²) in [6, 6.07) is 0.160. The van der Waals surface area contributed by atoms with E-state index in [0.29, 0.717) is 5.69 Å². The van der Waals surface area contributed by atoms with Gasteiger partial charge in [-0.15, -0.1) is 15.7 Å². The summed E-state index contributed by atoms with van der Waals surface area (Å²) < 4.78 is 30.4. The molecule has 1 aliphatic carbocycles. The number of aromatic nitrogens is 1. The molecule has 164 valence electrons. The Balaban J connectivity index is 1.99. The largest absolute Gasteiger partial charge is 0.385 e. The van der Waals surface area contributed by atoms with Crippen molar-refractivity contribution in [3.63, 3.8) is 0 Å². The maximum atomic E-state index is 14.3. The molecule has 0 aromatic carbocycles. The molecule has 2 aromatic rings. The maximum absolute atomic E-state index is 14.3. The number of anilines is 1. The number of nitrogens with one attached hydrogen (secondary N) is 1. The lowest BCUT2D eigenvalue weighted by Crippen LogP contribution is -2.19. The number of halogens is 1. The number of aliphatic hydroxyl groups is 1. The summed E-state index contributed by atoms with van der Waals surface area (Å²) >= 11 is 0.742. The molecule has 0 radical (unpaired) electrons. The number of carbonyl (C=O) groups excluding carboxylic acids is 1. The quantitative estimate of drug-likeness (QED) is 0.636. The minimum Gasteiger partial charge on any atom is -0.385 e. The molecular weight excluding hydrogens is 427 g/mol. The Morgan fingerprint density at radius 1 is 1.43 bits per heavy atom. The predicted octanol–water partition coefficient (Wildman–Crippen LogP) is 4.36. The molecule has 1 unspecified atom stereocenters. The van der Waals surface area contributed by atoms with E-state index in [-0.39, 0.29) is 15.0 Å². The molecule has 0 aliphatic heterocycles. The van der Waals surface area contributed by atoms with Crippen molar-refractivity contribution in [2.24, 2.45) is 9.50 Å². The average Bonchev–Trinajstić information content (AvgIpc) is 3.22. The molecule has 2 aromatic heterocycles. The molecule has 10 heteroatoms. The topological polar surface area (TPSA) is 118 Å². The highest BCUT2D eigenvalue weighted by atomic mass is 32.2. The summed E-state index contributed by atoms with van der Waals surface area (Å²) in [5, 5.41) is 18.5. The molecule has 0 spiro atoms. The van der Waals surface area contributed by atoms with Crippen molar-refractivity contribution in [1.29, 1.82) is 0 Å². The molecule has 4 N–H and O–H groups in total. The van der Waals surface area contributed by atoms with Crippen LogP contribution in [0.4, 0.5) is 14.9 Å². The average molecular weight is 455 g/mol. The molecule has 0 bridgehead atoms. The number of urea groups is 1. The van der Waals surface area contributed by atoms with E-state index in [2.05, 4.69) is 9.68 Å². The Morgan fingerprint density at radius 3 is 2.67 bits per heavy atom. The Labute approximate surface area is 180 Å². The van der Waals surface area contributed by atoms with E-state index < -0.39 is 27.4 Å². The molecular formula is C20H27FN4O3S2. The number of aryl methyl sites for hydroxylation is 1. The second-order valence-electron chi connectivity index (χ2n) is 8.33. The number of hydrogen-bond donors (Lipinski definition) is 3. The van der Waals surface area contributed by atoms with Crippen molar-refractivity contribution in [3.05, 3.63) is 39.3 Å². The lowest BCUT2D eigenvalue weighted by Gasteiger charge is -2.18. The fraction of sp³-hybridized carbons (Fsp3) is 0.500. The van der Waals surface area contributed by atoms with Gasteiger partial charge in [-0.25, -0.2) is 18.5 Å². The summed E-state index contributed by atoms with van der Waals surface area (Å²) in [7, 11) is -3.82. The predicted molar refractivity (Wildman–Crippen MR) is 117 cm³/mol. The van der Waals surface area contributed by atoms with Gasteiger partial charge in [0.2, 0.25) is 0 Å². The molecule has 0 saturated heterocycles. The van der Waals surface area contributed by atoms with Gasteiger partial charge >= 0.3 is 6.03 Å². The zero-order valence-electron chi connectivity index (χ0n) is 17.7. The van der Waals surface area contributed by atoms with Crippen LogP contribution in [0, 0.1) is 12.7 Å². The molecule has 30 heavy (non-hydrogen) atoms. The van der Waals surface area contributed by atoms with Crippen LogP contribution in [0.1, 0.15) is 67.4 Å². The fourth-order valence-electron chi connectivity index (χ4n) is 3.58. The fourth-order valence-corrected chi connectivity index (χ4v) is 5.92. The standard InChI is InChI=1S/C20H27FN4O3S2/c1-10(2)16-11(3)17(12-7-6-8-14(12)23-16)24-19(26)25-30(22,28)18-13(21)9-15(29-18)20(4,5)27/h9-10,27H,6-8H2,1-5H3,(H3,22,23,24,25,26,28).